The molecule has 0 aromatic heterocycles. The molecule has 324 valence electrons. The van der Waals surface area contributed by atoms with Gasteiger partial charge in [-0.2, -0.15) is 0 Å². The molecular formula is C54H81F3O. The highest BCUT2D eigenvalue weighted by atomic mass is 19.1. The van der Waals surface area contributed by atoms with Gasteiger partial charge < -0.3 is 4.74 Å². The summed E-state index contributed by atoms with van der Waals surface area (Å²) >= 11 is 0. The first-order chi connectivity index (χ1) is 26.4. The summed E-state index contributed by atoms with van der Waals surface area (Å²) in [4.78, 5) is 0. The summed E-state index contributed by atoms with van der Waals surface area (Å²) in [7, 11) is 0. The lowest BCUT2D eigenvalue weighted by Crippen LogP contribution is -2.03. The van der Waals surface area contributed by atoms with Crippen LogP contribution in [0.5, 0.6) is 0 Å². The molecule has 5 aromatic carbocycles. The fourth-order valence-electron chi connectivity index (χ4n) is 5.00. The van der Waals surface area contributed by atoms with Crippen LogP contribution in [-0.4, -0.2) is 13.2 Å². The standard InChI is InChI=1S/2C7H7F.C7H8.C6H5F.C6H12.C6H10.C6H6.C5H10O.4CH4/c1-6-3-2-4-7(8)5-6;1-6-4-2-3-5-7(6)8;1-7-5-3-2-4-6-7;7-6-4-2-1-3-5-6;4*1-2-4-6-5-3-1;;;;/h2*2-5H,1H3;2-6H,1H3;1-5H;1-6H2;1-2H,3-6H2;1-6H;1-5H2;4*1H4. The Kier molecular flexibility index (Phi) is 47.1. The van der Waals surface area contributed by atoms with Gasteiger partial charge in [0.2, 0.25) is 0 Å². The van der Waals surface area contributed by atoms with Gasteiger partial charge in [0.15, 0.2) is 0 Å². The first kappa shape index (κ1) is 60.3. The first-order valence-corrected chi connectivity index (χ1v) is 19.8. The highest BCUT2D eigenvalue weighted by molar-refractivity contribution is 5.15. The van der Waals surface area contributed by atoms with E-state index in [4.69, 9.17) is 4.74 Å². The van der Waals surface area contributed by atoms with Gasteiger partial charge in [-0.05, 0) is 107 Å². The van der Waals surface area contributed by atoms with Gasteiger partial charge in [0.25, 0.3) is 0 Å². The molecule has 2 aliphatic carbocycles. The number of hydrogen-bond donors (Lipinski definition) is 0. The van der Waals surface area contributed by atoms with Crippen molar-refractivity contribution in [2.45, 2.75) is 134 Å². The molecule has 0 atom stereocenters. The van der Waals surface area contributed by atoms with Gasteiger partial charge in [-0.25, -0.2) is 13.2 Å². The molecule has 5 aromatic rings. The van der Waals surface area contributed by atoms with Crippen LogP contribution in [0.3, 0.4) is 0 Å². The summed E-state index contributed by atoms with van der Waals surface area (Å²) in [5, 5.41) is 0. The number of allylic oxidation sites excluding steroid dienone is 2. The first-order valence-electron chi connectivity index (χ1n) is 19.8. The van der Waals surface area contributed by atoms with Crippen molar-refractivity contribution in [3.8, 4) is 0 Å². The summed E-state index contributed by atoms with van der Waals surface area (Å²) in [6, 6.07) is 43.4. The van der Waals surface area contributed by atoms with E-state index >= 15 is 0 Å². The molecule has 2 fully saturated rings. The average Bonchev–Trinajstić information content (AvgIpc) is 3.24. The third kappa shape index (κ3) is 41.2. The maximum Gasteiger partial charge on any atom is 0.126 e. The van der Waals surface area contributed by atoms with Crippen LogP contribution in [0, 0.1) is 38.2 Å². The zero-order valence-electron chi connectivity index (χ0n) is 33.2. The second-order valence-corrected chi connectivity index (χ2v) is 13.2. The molecule has 1 aliphatic heterocycles. The molecule has 0 N–H and O–H groups in total. The Bertz CT molecular complexity index is 1370. The fourth-order valence-corrected chi connectivity index (χ4v) is 5.00. The lowest BCUT2D eigenvalue weighted by molar-refractivity contribution is 0.0968. The number of benzene rings is 5. The molecule has 0 unspecified atom stereocenters. The van der Waals surface area contributed by atoms with Gasteiger partial charge in [0, 0.05) is 13.2 Å². The van der Waals surface area contributed by atoms with Crippen molar-refractivity contribution in [2.24, 2.45) is 0 Å². The average molecular weight is 803 g/mol. The van der Waals surface area contributed by atoms with Crippen molar-refractivity contribution in [2.75, 3.05) is 13.2 Å². The Hall–Kier alpha value is -4.41. The Morgan fingerprint density at radius 3 is 0.948 bits per heavy atom. The molecule has 1 saturated carbocycles. The van der Waals surface area contributed by atoms with Crippen LogP contribution in [-0.2, 0) is 4.74 Å². The van der Waals surface area contributed by atoms with Gasteiger partial charge in [0.05, 0.1) is 0 Å². The molecule has 1 nitrogen and oxygen atoms in total. The van der Waals surface area contributed by atoms with Gasteiger partial charge in [0.1, 0.15) is 17.5 Å². The Morgan fingerprint density at radius 2 is 0.724 bits per heavy atom. The van der Waals surface area contributed by atoms with Crippen molar-refractivity contribution < 1.29 is 17.9 Å². The van der Waals surface area contributed by atoms with Crippen LogP contribution in [0.25, 0.3) is 0 Å². The highest BCUT2D eigenvalue weighted by Gasteiger charge is 1.96. The SMILES string of the molecule is C.C.C.C.C1=CCCCC1.C1CCCCC1.C1CCOCC1.Cc1cccc(F)c1.Cc1ccccc1.Cc1ccccc1F.Fc1ccccc1.c1ccccc1. The Morgan fingerprint density at radius 1 is 0.362 bits per heavy atom. The molecule has 0 spiro atoms. The number of hydrogen-bond acceptors (Lipinski definition) is 1. The summed E-state index contributed by atoms with van der Waals surface area (Å²) in [6.07, 6.45) is 22.9. The van der Waals surface area contributed by atoms with Gasteiger partial charge >= 0.3 is 0 Å². The van der Waals surface area contributed by atoms with E-state index in [0.717, 1.165) is 18.8 Å². The predicted molar refractivity (Wildman–Crippen MR) is 253 cm³/mol. The van der Waals surface area contributed by atoms with E-state index in [1.807, 2.05) is 73.7 Å². The molecule has 0 radical (unpaired) electrons. The second-order valence-electron chi connectivity index (χ2n) is 13.2. The number of ether oxygens (including phenoxy) is 1. The maximum absolute atomic E-state index is 12.3. The van der Waals surface area contributed by atoms with Gasteiger partial charge in [-0.1, -0.05) is 201 Å². The molecule has 4 heteroatoms. The maximum atomic E-state index is 12.3. The van der Waals surface area contributed by atoms with E-state index in [9.17, 15) is 13.2 Å². The van der Waals surface area contributed by atoms with E-state index in [2.05, 4.69) is 31.2 Å². The van der Waals surface area contributed by atoms with Crippen molar-refractivity contribution in [1.29, 1.82) is 0 Å². The molecule has 1 saturated heterocycles. The van der Waals surface area contributed by atoms with Crippen LogP contribution in [0.1, 0.15) is 130 Å². The smallest absolute Gasteiger partial charge is 0.126 e. The van der Waals surface area contributed by atoms with Crippen LogP contribution in [0.4, 0.5) is 13.2 Å². The van der Waals surface area contributed by atoms with E-state index in [-0.39, 0.29) is 47.2 Å². The quantitative estimate of drug-likeness (QED) is 0.142. The molecule has 3 aliphatic rings. The van der Waals surface area contributed by atoms with Crippen molar-refractivity contribution in [1.82, 2.24) is 0 Å². The molecule has 0 amide bonds. The van der Waals surface area contributed by atoms with Crippen LogP contribution < -0.4 is 0 Å². The van der Waals surface area contributed by atoms with Crippen LogP contribution >= 0.6 is 0 Å². The monoisotopic (exact) mass is 803 g/mol. The minimum absolute atomic E-state index is 0. The molecular weight excluding hydrogens is 722 g/mol. The van der Waals surface area contributed by atoms with E-state index in [1.165, 1.54) is 119 Å². The number of halogens is 3. The normalized spacial score (nSPS) is 12.7. The number of aryl methyl sites for hydroxylation is 3. The van der Waals surface area contributed by atoms with Crippen molar-refractivity contribution >= 4 is 0 Å². The van der Waals surface area contributed by atoms with Crippen LogP contribution in [0.15, 0.2) is 158 Å². The van der Waals surface area contributed by atoms with Crippen molar-refractivity contribution in [3.05, 3.63) is 192 Å². The fraction of sp³-hybridized carbons (Fsp3) is 0.407. The lowest BCUT2D eigenvalue weighted by Gasteiger charge is -2.08. The topological polar surface area (TPSA) is 9.23 Å². The zero-order chi connectivity index (χ0) is 39.2. The van der Waals surface area contributed by atoms with E-state index in [0.29, 0.717) is 5.56 Å². The lowest BCUT2D eigenvalue weighted by atomic mass is 10.0. The summed E-state index contributed by atoms with van der Waals surface area (Å²) in [5.74, 6) is -0.472. The summed E-state index contributed by atoms with van der Waals surface area (Å²) in [6.45, 7) is 7.69. The number of rotatable bonds is 0. The van der Waals surface area contributed by atoms with Crippen molar-refractivity contribution in [3.63, 3.8) is 0 Å². The zero-order valence-corrected chi connectivity index (χ0v) is 33.2. The van der Waals surface area contributed by atoms with E-state index in [1.54, 1.807) is 43.3 Å². The predicted octanol–water partition coefficient (Wildman–Crippen LogP) is 18.0. The summed E-state index contributed by atoms with van der Waals surface area (Å²) in [5.41, 5.74) is 2.99. The van der Waals surface area contributed by atoms with E-state index < -0.39 is 0 Å². The minimum atomic E-state index is -0.178. The second kappa shape index (κ2) is 45.3. The van der Waals surface area contributed by atoms with Gasteiger partial charge in [-0.3, -0.25) is 0 Å². The van der Waals surface area contributed by atoms with Gasteiger partial charge in [-0.15, -0.1) is 0 Å². The third-order valence-corrected chi connectivity index (χ3v) is 8.13. The molecule has 1 heterocycles. The molecule has 58 heavy (non-hydrogen) atoms. The molecule has 8 rings (SSSR count). The molecule has 0 bridgehead atoms. The summed E-state index contributed by atoms with van der Waals surface area (Å²) < 4.78 is 41.5. The highest BCUT2D eigenvalue weighted by Crippen LogP contribution is 2.15. The Balaban J connectivity index is -0.000000285. The Labute approximate surface area is 355 Å². The minimum Gasteiger partial charge on any atom is -0.381 e. The van der Waals surface area contributed by atoms with Crippen LogP contribution in [0.2, 0.25) is 0 Å². The third-order valence-electron chi connectivity index (χ3n) is 8.13. The largest absolute Gasteiger partial charge is 0.381 e.